The molecule has 0 spiro atoms. The number of fused-ring (bicyclic) bond motifs is 1. The SMILES string of the molecule is CC(C)c1cc2n(n1)CC(C)(C(=O)NC1CCCCCC1)N(Cc1cccc(Cl)c1)C2=O. The van der Waals surface area contributed by atoms with Crippen LogP contribution in [0, 0.1) is 0 Å². The summed E-state index contributed by atoms with van der Waals surface area (Å²) < 4.78 is 1.72. The van der Waals surface area contributed by atoms with Crippen LogP contribution < -0.4 is 5.32 Å². The van der Waals surface area contributed by atoms with Crippen LogP contribution >= 0.6 is 11.6 Å². The summed E-state index contributed by atoms with van der Waals surface area (Å²) in [7, 11) is 0. The second kappa shape index (κ2) is 9.26. The van der Waals surface area contributed by atoms with Crippen molar-refractivity contribution in [3.63, 3.8) is 0 Å². The fraction of sp³-hybridized carbons (Fsp3) is 0.560. The highest BCUT2D eigenvalue weighted by atomic mass is 35.5. The third kappa shape index (κ3) is 4.56. The number of aromatic nitrogens is 2. The molecule has 1 aliphatic heterocycles. The summed E-state index contributed by atoms with van der Waals surface area (Å²) in [5.74, 6) is -0.0745. The van der Waals surface area contributed by atoms with E-state index in [0.717, 1.165) is 36.9 Å². The van der Waals surface area contributed by atoms with Crippen molar-refractivity contribution in [2.75, 3.05) is 0 Å². The highest BCUT2D eigenvalue weighted by molar-refractivity contribution is 6.30. The number of amides is 2. The second-order valence-corrected chi connectivity index (χ2v) is 10.2. The maximum Gasteiger partial charge on any atom is 0.273 e. The minimum absolute atomic E-state index is 0.105. The Morgan fingerprint density at radius 3 is 2.59 bits per heavy atom. The maximum atomic E-state index is 13.7. The topological polar surface area (TPSA) is 67.2 Å². The van der Waals surface area contributed by atoms with E-state index in [1.165, 1.54) is 12.8 Å². The van der Waals surface area contributed by atoms with Gasteiger partial charge in [-0.2, -0.15) is 5.10 Å². The van der Waals surface area contributed by atoms with Gasteiger partial charge < -0.3 is 10.2 Å². The molecular weight excluding hydrogens is 424 g/mol. The Balaban J connectivity index is 1.68. The molecule has 1 atom stereocenters. The first-order chi connectivity index (χ1) is 15.3. The molecule has 7 heteroatoms. The van der Waals surface area contributed by atoms with Crippen LogP contribution in [0.4, 0.5) is 0 Å². The first-order valence-electron chi connectivity index (χ1n) is 11.7. The second-order valence-electron chi connectivity index (χ2n) is 9.72. The predicted molar refractivity (Wildman–Crippen MR) is 126 cm³/mol. The summed E-state index contributed by atoms with van der Waals surface area (Å²) in [4.78, 5) is 29.1. The van der Waals surface area contributed by atoms with Gasteiger partial charge in [0.25, 0.3) is 5.91 Å². The molecule has 2 amide bonds. The molecule has 2 aromatic rings. The number of hydrogen-bond acceptors (Lipinski definition) is 3. The van der Waals surface area contributed by atoms with Gasteiger partial charge in [-0.15, -0.1) is 0 Å². The van der Waals surface area contributed by atoms with Crippen LogP contribution in [-0.4, -0.2) is 38.1 Å². The van der Waals surface area contributed by atoms with E-state index >= 15 is 0 Å². The van der Waals surface area contributed by atoms with Gasteiger partial charge in [0, 0.05) is 17.6 Å². The number of halogens is 1. The molecule has 1 fully saturated rings. The molecule has 0 saturated heterocycles. The van der Waals surface area contributed by atoms with Gasteiger partial charge in [-0.05, 0) is 49.4 Å². The fourth-order valence-electron chi connectivity index (χ4n) is 4.77. The van der Waals surface area contributed by atoms with Crippen molar-refractivity contribution in [2.45, 2.75) is 89.9 Å². The Hall–Kier alpha value is -2.34. The van der Waals surface area contributed by atoms with E-state index in [-0.39, 0.29) is 23.8 Å². The molecule has 2 heterocycles. The lowest BCUT2D eigenvalue weighted by Crippen LogP contribution is -2.64. The minimum Gasteiger partial charge on any atom is -0.351 e. The normalized spacial score (nSPS) is 22.0. The van der Waals surface area contributed by atoms with E-state index in [4.69, 9.17) is 11.6 Å². The van der Waals surface area contributed by atoms with Gasteiger partial charge in [0.15, 0.2) is 0 Å². The number of rotatable bonds is 5. The van der Waals surface area contributed by atoms with Crippen LogP contribution in [0.25, 0.3) is 0 Å². The minimum atomic E-state index is -1.04. The lowest BCUT2D eigenvalue weighted by Gasteiger charge is -2.44. The Morgan fingerprint density at radius 2 is 1.94 bits per heavy atom. The number of nitrogens with zero attached hydrogens (tertiary/aromatic N) is 3. The molecule has 1 saturated carbocycles. The molecule has 1 unspecified atom stereocenters. The van der Waals surface area contributed by atoms with Crippen molar-refractivity contribution in [3.8, 4) is 0 Å². The first-order valence-corrected chi connectivity index (χ1v) is 12.1. The van der Waals surface area contributed by atoms with Crippen LogP contribution in [0.5, 0.6) is 0 Å². The Bertz CT molecular complexity index is 994. The Morgan fingerprint density at radius 1 is 1.22 bits per heavy atom. The molecule has 4 rings (SSSR count). The highest BCUT2D eigenvalue weighted by Gasteiger charge is 2.48. The largest absolute Gasteiger partial charge is 0.351 e. The molecule has 1 aliphatic carbocycles. The lowest BCUT2D eigenvalue weighted by molar-refractivity contribution is -0.134. The van der Waals surface area contributed by atoms with Gasteiger partial charge in [0.05, 0.1) is 12.2 Å². The van der Waals surface area contributed by atoms with Crippen molar-refractivity contribution < 1.29 is 9.59 Å². The third-order valence-corrected chi connectivity index (χ3v) is 7.05. The quantitative estimate of drug-likeness (QED) is 0.649. The van der Waals surface area contributed by atoms with Crippen LogP contribution in [0.3, 0.4) is 0 Å². The summed E-state index contributed by atoms with van der Waals surface area (Å²) >= 11 is 6.20. The average Bonchev–Trinajstić information content (AvgIpc) is 3.00. The smallest absolute Gasteiger partial charge is 0.273 e. The van der Waals surface area contributed by atoms with Crippen LogP contribution in [0.1, 0.15) is 87.0 Å². The Labute approximate surface area is 195 Å². The van der Waals surface area contributed by atoms with E-state index in [1.54, 1.807) is 9.58 Å². The summed E-state index contributed by atoms with van der Waals surface area (Å²) in [6.07, 6.45) is 6.69. The van der Waals surface area contributed by atoms with Crippen molar-refractivity contribution in [2.24, 2.45) is 0 Å². The molecule has 32 heavy (non-hydrogen) atoms. The van der Waals surface area contributed by atoms with Gasteiger partial charge >= 0.3 is 0 Å². The third-order valence-electron chi connectivity index (χ3n) is 6.82. The van der Waals surface area contributed by atoms with Crippen molar-refractivity contribution >= 4 is 23.4 Å². The summed E-state index contributed by atoms with van der Waals surface area (Å²) in [5, 5.41) is 8.56. The van der Waals surface area contributed by atoms with Crippen LogP contribution in [0.2, 0.25) is 5.02 Å². The fourth-order valence-corrected chi connectivity index (χ4v) is 4.99. The standard InChI is InChI=1S/C25H33ClN4O2/c1-17(2)21-14-22-23(31)29(15-18-9-8-10-19(26)13-18)25(3,16-30(22)28-21)24(32)27-20-11-6-4-5-7-12-20/h8-10,13-14,17,20H,4-7,11-12,15-16H2,1-3H3,(H,27,32). The van der Waals surface area contributed by atoms with Gasteiger partial charge in [-0.25, -0.2) is 0 Å². The average molecular weight is 457 g/mol. The molecular formula is C25H33ClN4O2. The molecule has 172 valence electrons. The summed E-state index contributed by atoms with van der Waals surface area (Å²) in [5.41, 5.74) is 1.26. The van der Waals surface area contributed by atoms with Crippen LogP contribution in [-0.2, 0) is 17.9 Å². The van der Waals surface area contributed by atoms with Crippen molar-refractivity contribution in [3.05, 3.63) is 52.3 Å². The molecule has 1 aromatic carbocycles. The lowest BCUT2D eigenvalue weighted by atomic mass is 9.93. The molecule has 6 nitrogen and oxygen atoms in total. The van der Waals surface area contributed by atoms with E-state index in [1.807, 2.05) is 37.3 Å². The zero-order chi connectivity index (χ0) is 22.9. The zero-order valence-electron chi connectivity index (χ0n) is 19.2. The maximum absolute atomic E-state index is 13.7. The van der Waals surface area contributed by atoms with E-state index in [0.29, 0.717) is 23.8 Å². The van der Waals surface area contributed by atoms with E-state index < -0.39 is 5.54 Å². The van der Waals surface area contributed by atoms with Crippen molar-refractivity contribution in [1.29, 1.82) is 0 Å². The highest BCUT2D eigenvalue weighted by Crippen LogP contribution is 2.31. The van der Waals surface area contributed by atoms with Gasteiger partial charge in [0.2, 0.25) is 5.91 Å². The first kappa shape index (κ1) is 22.8. The Kier molecular flexibility index (Phi) is 6.61. The molecule has 0 radical (unpaired) electrons. The number of benzene rings is 1. The molecule has 0 bridgehead atoms. The zero-order valence-corrected chi connectivity index (χ0v) is 20.0. The van der Waals surface area contributed by atoms with Gasteiger partial charge in [-0.3, -0.25) is 14.3 Å². The van der Waals surface area contributed by atoms with Crippen LogP contribution in [0.15, 0.2) is 30.3 Å². The number of carbonyl (C=O) groups excluding carboxylic acids is 2. The van der Waals surface area contributed by atoms with E-state index in [2.05, 4.69) is 24.3 Å². The van der Waals surface area contributed by atoms with E-state index in [9.17, 15) is 9.59 Å². The van der Waals surface area contributed by atoms with Gasteiger partial charge in [-0.1, -0.05) is 63.3 Å². The summed E-state index contributed by atoms with van der Waals surface area (Å²) in [6.45, 7) is 6.62. The number of hydrogen-bond donors (Lipinski definition) is 1. The number of carbonyl (C=O) groups is 2. The molecule has 1 aromatic heterocycles. The van der Waals surface area contributed by atoms with Gasteiger partial charge in [0.1, 0.15) is 11.2 Å². The molecule has 1 N–H and O–H groups in total. The monoisotopic (exact) mass is 456 g/mol. The molecule has 2 aliphatic rings. The van der Waals surface area contributed by atoms with Crippen molar-refractivity contribution in [1.82, 2.24) is 20.0 Å². The number of nitrogens with one attached hydrogen (secondary N) is 1. The summed E-state index contributed by atoms with van der Waals surface area (Å²) in [6, 6.07) is 9.50. The predicted octanol–water partition coefficient (Wildman–Crippen LogP) is 4.91.